The molecule has 1 amide bonds. The van der Waals surface area contributed by atoms with Crippen molar-refractivity contribution in [2.24, 2.45) is 0 Å². The molecular formula is C22H22N2O3. The highest BCUT2D eigenvalue weighted by Gasteiger charge is 2.23. The Balaban J connectivity index is 1.47. The van der Waals surface area contributed by atoms with Crippen molar-refractivity contribution >= 4 is 16.9 Å². The monoisotopic (exact) mass is 362 g/mol. The molecular weight excluding hydrogens is 340 g/mol. The average molecular weight is 362 g/mol. The zero-order valence-corrected chi connectivity index (χ0v) is 15.1. The van der Waals surface area contributed by atoms with E-state index in [0.29, 0.717) is 24.1 Å². The highest BCUT2D eigenvalue weighted by atomic mass is 16.3. The molecule has 138 valence electrons. The van der Waals surface area contributed by atoms with Crippen LogP contribution in [-0.4, -0.2) is 41.9 Å². The van der Waals surface area contributed by atoms with Gasteiger partial charge >= 0.3 is 0 Å². The van der Waals surface area contributed by atoms with Gasteiger partial charge in [0.2, 0.25) is 0 Å². The maximum Gasteiger partial charge on any atom is 0.289 e. The Hall–Kier alpha value is -2.92. The molecule has 0 radical (unpaired) electrons. The van der Waals surface area contributed by atoms with E-state index in [-0.39, 0.29) is 17.1 Å². The van der Waals surface area contributed by atoms with E-state index >= 15 is 0 Å². The molecule has 4 rings (SSSR count). The van der Waals surface area contributed by atoms with E-state index < -0.39 is 0 Å². The molecule has 5 nitrogen and oxygen atoms in total. The fraction of sp³-hybridized carbons (Fsp3) is 0.273. The van der Waals surface area contributed by atoms with Crippen LogP contribution in [0.3, 0.4) is 0 Å². The summed E-state index contributed by atoms with van der Waals surface area (Å²) < 4.78 is 5.72. The van der Waals surface area contributed by atoms with Crippen molar-refractivity contribution < 1.29 is 9.21 Å². The van der Waals surface area contributed by atoms with Crippen LogP contribution in [0, 0.1) is 0 Å². The van der Waals surface area contributed by atoms with Crippen molar-refractivity contribution in [1.82, 2.24) is 9.80 Å². The molecule has 0 atom stereocenters. The van der Waals surface area contributed by atoms with E-state index in [1.54, 1.807) is 29.2 Å². The van der Waals surface area contributed by atoms with Gasteiger partial charge in [-0.05, 0) is 24.1 Å². The number of fused-ring (bicyclic) bond motifs is 1. The van der Waals surface area contributed by atoms with Gasteiger partial charge in [0.15, 0.2) is 11.2 Å². The van der Waals surface area contributed by atoms with Crippen LogP contribution in [-0.2, 0) is 6.54 Å². The summed E-state index contributed by atoms with van der Waals surface area (Å²) in [5.74, 6) is -0.0883. The van der Waals surface area contributed by atoms with Gasteiger partial charge in [0.25, 0.3) is 5.91 Å². The summed E-state index contributed by atoms with van der Waals surface area (Å²) in [6.45, 7) is 3.93. The lowest BCUT2D eigenvalue weighted by atomic mass is 10.2. The fourth-order valence-corrected chi connectivity index (χ4v) is 3.54. The predicted octanol–water partition coefficient (Wildman–Crippen LogP) is 3.14. The number of nitrogens with zero attached hydrogens (tertiary/aromatic N) is 2. The number of carbonyl (C=O) groups is 1. The number of carbonyl (C=O) groups excluding carboxylic acids is 1. The first-order valence-corrected chi connectivity index (χ1v) is 9.29. The quantitative estimate of drug-likeness (QED) is 0.718. The summed E-state index contributed by atoms with van der Waals surface area (Å²) in [6.07, 6.45) is 0.899. The third-order valence-corrected chi connectivity index (χ3v) is 4.97. The second kappa shape index (κ2) is 7.76. The summed E-state index contributed by atoms with van der Waals surface area (Å²) in [7, 11) is 0. The minimum absolute atomic E-state index is 0.121. The van der Waals surface area contributed by atoms with Gasteiger partial charge in [-0.15, -0.1) is 0 Å². The van der Waals surface area contributed by atoms with E-state index in [9.17, 15) is 9.59 Å². The molecule has 27 heavy (non-hydrogen) atoms. The van der Waals surface area contributed by atoms with Crippen molar-refractivity contribution in [2.75, 3.05) is 26.2 Å². The first-order chi connectivity index (χ1) is 13.2. The van der Waals surface area contributed by atoms with Crippen molar-refractivity contribution in [3.63, 3.8) is 0 Å². The van der Waals surface area contributed by atoms with Crippen LogP contribution in [0.2, 0.25) is 0 Å². The van der Waals surface area contributed by atoms with E-state index in [0.717, 1.165) is 26.1 Å². The van der Waals surface area contributed by atoms with E-state index in [2.05, 4.69) is 17.0 Å². The Morgan fingerprint density at radius 2 is 1.70 bits per heavy atom. The lowest BCUT2D eigenvalue weighted by Gasteiger charge is -2.21. The summed E-state index contributed by atoms with van der Waals surface area (Å²) in [5, 5.41) is 0.499. The molecule has 2 aromatic carbocycles. The average Bonchev–Trinajstić information content (AvgIpc) is 2.94. The van der Waals surface area contributed by atoms with Gasteiger partial charge in [-0.2, -0.15) is 0 Å². The first kappa shape index (κ1) is 17.5. The second-order valence-electron chi connectivity index (χ2n) is 6.88. The van der Waals surface area contributed by atoms with Gasteiger partial charge in [-0.25, -0.2) is 0 Å². The van der Waals surface area contributed by atoms with Gasteiger partial charge in [-0.1, -0.05) is 42.5 Å². The Morgan fingerprint density at radius 3 is 2.56 bits per heavy atom. The molecule has 0 aliphatic carbocycles. The van der Waals surface area contributed by atoms with Crippen molar-refractivity contribution in [2.45, 2.75) is 13.0 Å². The van der Waals surface area contributed by atoms with Crippen LogP contribution < -0.4 is 5.43 Å². The molecule has 0 unspecified atom stereocenters. The topological polar surface area (TPSA) is 53.8 Å². The number of rotatable bonds is 3. The molecule has 3 aromatic rings. The smallest absolute Gasteiger partial charge is 0.289 e. The zero-order valence-electron chi connectivity index (χ0n) is 15.1. The lowest BCUT2D eigenvalue weighted by Crippen LogP contribution is -2.35. The van der Waals surface area contributed by atoms with Crippen LogP contribution in [0.5, 0.6) is 0 Å². The van der Waals surface area contributed by atoms with Gasteiger partial charge in [0, 0.05) is 38.8 Å². The molecule has 5 heteroatoms. The largest absolute Gasteiger partial charge is 0.451 e. The van der Waals surface area contributed by atoms with Crippen molar-refractivity contribution in [3.05, 3.63) is 82.2 Å². The van der Waals surface area contributed by atoms with Crippen molar-refractivity contribution in [3.8, 4) is 0 Å². The third kappa shape index (κ3) is 3.93. The third-order valence-electron chi connectivity index (χ3n) is 4.97. The Morgan fingerprint density at radius 1 is 0.926 bits per heavy atom. The first-order valence-electron chi connectivity index (χ1n) is 9.29. The van der Waals surface area contributed by atoms with Gasteiger partial charge in [0.05, 0.1) is 5.39 Å². The highest BCUT2D eigenvalue weighted by molar-refractivity contribution is 5.93. The zero-order chi connectivity index (χ0) is 18.6. The Bertz CT molecular complexity index is 997. The maximum atomic E-state index is 12.9. The molecule has 0 N–H and O–H groups in total. The number of amides is 1. The minimum atomic E-state index is -0.209. The number of benzene rings is 2. The van der Waals surface area contributed by atoms with E-state index in [1.807, 2.05) is 18.2 Å². The molecule has 1 fully saturated rings. The number of hydrogen-bond acceptors (Lipinski definition) is 4. The van der Waals surface area contributed by atoms with Crippen molar-refractivity contribution in [1.29, 1.82) is 0 Å². The molecule has 0 spiro atoms. The Kier molecular flexibility index (Phi) is 5.03. The van der Waals surface area contributed by atoms with Crippen LogP contribution in [0.25, 0.3) is 11.0 Å². The van der Waals surface area contributed by atoms with Gasteiger partial charge < -0.3 is 9.32 Å². The number of para-hydroxylation sites is 1. The molecule has 0 saturated carbocycles. The summed E-state index contributed by atoms with van der Waals surface area (Å²) in [6, 6.07) is 18.7. The molecule has 1 aromatic heterocycles. The Labute approximate surface area is 157 Å². The van der Waals surface area contributed by atoms with Crippen LogP contribution in [0.15, 0.2) is 69.9 Å². The minimum Gasteiger partial charge on any atom is -0.451 e. The molecule has 2 heterocycles. The van der Waals surface area contributed by atoms with Crippen LogP contribution in [0.1, 0.15) is 22.5 Å². The number of hydrogen-bond donors (Lipinski definition) is 0. The second-order valence-corrected chi connectivity index (χ2v) is 6.88. The highest BCUT2D eigenvalue weighted by Crippen LogP contribution is 2.15. The predicted molar refractivity (Wildman–Crippen MR) is 105 cm³/mol. The molecule has 1 aliphatic rings. The standard InChI is InChI=1S/C22H22N2O3/c25-19-15-21(27-20-10-5-4-9-18(19)20)22(26)24-12-6-11-23(13-14-24)16-17-7-2-1-3-8-17/h1-5,7-10,15H,6,11-14,16H2. The molecule has 1 aliphatic heterocycles. The lowest BCUT2D eigenvalue weighted by molar-refractivity contribution is 0.0730. The van der Waals surface area contributed by atoms with Crippen LogP contribution >= 0.6 is 0 Å². The molecule has 1 saturated heterocycles. The summed E-state index contributed by atoms with van der Waals surface area (Å²) >= 11 is 0. The van der Waals surface area contributed by atoms with E-state index in [1.165, 1.54) is 11.6 Å². The molecule has 0 bridgehead atoms. The van der Waals surface area contributed by atoms with E-state index in [4.69, 9.17) is 4.42 Å². The SMILES string of the molecule is O=C(c1cc(=O)c2ccccc2o1)N1CCCN(Cc2ccccc2)CC1. The fourth-order valence-electron chi connectivity index (χ4n) is 3.54. The summed E-state index contributed by atoms with van der Waals surface area (Å²) in [5.41, 5.74) is 1.55. The summed E-state index contributed by atoms with van der Waals surface area (Å²) in [4.78, 5) is 29.3. The maximum absolute atomic E-state index is 12.9. The van der Waals surface area contributed by atoms with Crippen LogP contribution in [0.4, 0.5) is 0 Å². The van der Waals surface area contributed by atoms with Gasteiger partial charge in [-0.3, -0.25) is 14.5 Å². The van der Waals surface area contributed by atoms with Gasteiger partial charge in [0.1, 0.15) is 5.58 Å². The normalized spacial score (nSPS) is 15.6.